The maximum absolute atomic E-state index is 13.2. The van der Waals surface area contributed by atoms with Crippen LogP contribution in [0.4, 0.5) is 5.69 Å². The Morgan fingerprint density at radius 2 is 1.44 bits per heavy atom. The van der Waals surface area contributed by atoms with Gasteiger partial charge in [-0.2, -0.15) is 0 Å². The third kappa shape index (κ3) is 4.45. The van der Waals surface area contributed by atoms with E-state index in [-0.39, 0.29) is 18.9 Å². The molecular formula is C29H30N2O5. The fourth-order valence-electron chi connectivity index (χ4n) is 4.44. The molecular weight excluding hydrogens is 456 g/mol. The summed E-state index contributed by atoms with van der Waals surface area (Å²) < 4.78 is 12.1. The number of anilines is 1. The van der Waals surface area contributed by atoms with Crippen molar-refractivity contribution in [3.63, 3.8) is 0 Å². The van der Waals surface area contributed by atoms with Crippen molar-refractivity contribution in [1.29, 1.82) is 0 Å². The number of para-hydroxylation sites is 3. The maximum atomic E-state index is 13.2. The Morgan fingerprint density at radius 1 is 0.861 bits per heavy atom. The second kappa shape index (κ2) is 10.7. The molecule has 1 heterocycles. The largest absolute Gasteiger partial charge is 0.463 e. The lowest BCUT2D eigenvalue weighted by Gasteiger charge is -2.27. The lowest BCUT2D eigenvalue weighted by molar-refractivity contribution is -0.185. The molecule has 0 bridgehead atoms. The van der Waals surface area contributed by atoms with Crippen LogP contribution >= 0.6 is 0 Å². The molecule has 0 amide bonds. The van der Waals surface area contributed by atoms with E-state index in [1.54, 1.807) is 25.3 Å². The van der Waals surface area contributed by atoms with E-state index >= 15 is 0 Å². The molecule has 0 unspecified atom stereocenters. The monoisotopic (exact) mass is 486 g/mol. The van der Waals surface area contributed by atoms with Crippen molar-refractivity contribution >= 4 is 28.5 Å². The molecule has 0 fully saturated rings. The SMILES string of the molecule is CCOC(=O)C(O)(C(=O)OCC)c1c(C)c2ccccc2n1-c1ccccc1NCc1ccccc1. The molecule has 0 aliphatic rings. The predicted molar refractivity (Wildman–Crippen MR) is 139 cm³/mol. The van der Waals surface area contributed by atoms with Gasteiger partial charge in [0.15, 0.2) is 0 Å². The highest BCUT2D eigenvalue weighted by atomic mass is 16.6. The van der Waals surface area contributed by atoms with Gasteiger partial charge in [-0.1, -0.05) is 60.7 Å². The molecule has 1 aromatic heterocycles. The topological polar surface area (TPSA) is 89.8 Å². The normalized spacial score (nSPS) is 11.3. The van der Waals surface area contributed by atoms with Crippen molar-refractivity contribution in [3.05, 3.63) is 95.7 Å². The van der Waals surface area contributed by atoms with Gasteiger partial charge in [-0.3, -0.25) is 0 Å². The van der Waals surface area contributed by atoms with Crippen LogP contribution in [0.25, 0.3) is 16.6 Å². The summed E-state index contributed by atoms with van der Waals surface area (Å²) in [5.74, 6) is -2.16. The summed E-state index contributed by atoms with van der Waals surface area (Å²) in [5, 5.41) is 16.1. The van der Waals surface area contributed by atoms with Crippen molar-refractivity contribution < 1.29 is 24.2 Å². The maximum Gasteiger partial charge on any atom is 0.356 e. The minimum atomic E-state index is -2.67. The van der Waals surface area contributed by atoms with Crippen molar-refractivity contribution in [2.75, 3.05) is 18.5 Å². The number of aryl methyl sites for hydroxylation is 1. The van der Waals surface area contributed by atoms with Gasteiger partial charge in [0.1, 0.15) is 0 Å². The van der Waals surface area contributed by atoms with Gasteiger partial charge >= 0.3 is 17.5 Å². The quantitative estimate of drug-likeness (QED) is 0.259. The number of nitrogens with one attached hydrogen (secondary N) is 1. The average molecular weight is 487 g/mol. The fourth-order valence-corrected chi connectivity index (χ4v) is 4.44. The molecule has 186 valence electrons. The van der Waals surface area contributed by atoms with E-state index in [4.69, 9.17) is 9.47 Å². The zero-order valence-corrected chi connectivity index (χ0v) is 20.7. The first-order valence-electron chi connectivity index (χ1n) is 12.0. The number of nitrogens with zero attached hydrogens (tertiary/aromatic N) is 1. The molecule has 0 atom stereocenters. The fraction of sp³-hybridized carbons (Fsp3) is 0.241. The van der Waals surface area contributed by atoms with E-state index in [0.717, 1.165) is 22.2 Å². The number of aliphatic hydroxyl groups is 1. The minimum Gasteiger partial charge on any atom is -0.463 e. The first kappa shape index (κ1) is 25.0. The minimum absolute atomic E-state index is 0.00492. The Kier molecular flexibility index (Phi) is 7.41. The first-order chi connectivity index (χ1) is 17.4. The van der Waals surface area contributed by atoms with E-state index in [1.807, 2.05) is 78.9 Å². The van der Waals surface area contributed by atoms with Gasteiger partial charge in [0, 0.05) is 11.9 Å². The molecule has 4 rings (SSSR count). The number of hydrogen-bond donors (Lipinski definition) is 2. The predicted octanol–water partition coefficient (Wildman–Crippen LogP) is 4.86. The molecule has 0 saturated heterocycles. The van der Waals surface area contributed by atoms with Crippen LogP contribution in [0.5, 0.6) is 0 Å². The van der Waals surface area contributed by atoms with Crippen LogP contribution in [-0.4, -0.2) is 34.8 Å². The average Bonchev–Trinajstić information content (AvgIpc) is 3.20. The highest BCUT2D eigenvalue weighted by Crippen LogP contribution is 2.39. The number of carbonyl (C=O) groups excluding carboxylic acids is 2. The van der Waals surface area contributed by atoms with Crippen molar-refractivity contribution in [1.82, 2.24) is 4.57 Å². The van der Waals surface area contributed by atoms with E-state index in [9.17, 15) is 14.7 Å². The summed E-state index contributed by atoms with van der Waals surface area (Å²) >= 11 is 0. The summed E-state index contributed by atoms with van der Waals surface area (Å²) in [6, 6.07) is 25.0. The molecule has 4 aromatic rings. The number of aromatic nitrogens is 1. The second-order valence-corrected chi connectivity index (χ2v) is 8.33. The molecule has 7 heteroatoms. The number of ether oxygens (including phenoxy) is 2. The van der Waals surface area contributed by atoms with Gasteiger partial charge in [-0.25, -0.2) is 9.59 Å². The molecule has 2 N–H and O–H groups in total. The van der Waals surface area contributed by atoms with Crippen LogP contribution in [0.3, 0.4) is 0 Å². The van der Waals surface area contributed by atoms with Gasteiger partial charge < -0.3 is 24.5 Å². The Bertz CT molecular complexity index is 1360. The van der Waals surface area contributed by atoms with Gasteiger partial charge in [-0.05, 0) is 50.1 Å². The van der Waals surface area contributed by atoms with E-state index in [2.05, 4.69) is 5.32 Å². The van der Waals surface area contributed by atoms with Crippen molar-refractivity contribution in [2.24, 2.45) is 0 Å². The number of benzene rings is 3. The van der Waals surface area contributed by atoms with E-state index < -0.39 is 17.5 Å². The molecule has 0 aliphatic heterocycles. The molecule has 36 heavy (non-hydrogen) atoms. The molecule has 3 aromatic carbocycles. The smallest absolute Gasteiger partial charge is 0.356 e. The number of fused-ring (bicyclic) bond motifs is 1. The third-order valence-electron chi connectivity index (χ3n) is 6.08. The number of esters is 2. The van der Waals surface area contributed by atoms with Crippen LogP contribution in [0.1, 0.15) is 30.7 Å². The highest BCUT2D eigenvalue weighted by molar-refractivity contribution is 6.06. The molecule has 7 nitrogen and oxygen atoms in total. The van der Waals surface area contributed by atoms with E-state index in [1.165, 1.54) is 0 Å². The molecule has 0 aliphatic carbocycles. The van der Waals surface area contributed by atoms with Crippen LogP contribution in [0.2, 0.25) is 0 Å². The Balaban J connectivity index is 1.96. The van der Waals surface area contributed by atoms with Gasteiger partial charge in [-0.15, -0.1) is 0 Å². The summed E-state index contributed by atoms with van der Waals surface area (Å²) in [5.41, 5.74) is 1.25. The number of hydrogen-bond acceptors (Lipinski definition) is 6. The summed E-state index contributed by atoms with van der Waals surface area (Å²) in [6.45, 7) is 5.57. The number of rotatable bonds is 9. The van der Waals surface area contributed by atoms with Crippen LogP contribution in [-0.2, 0) is 31.2 Å². The molecule has 0 spiro atoms. The van der Waals surface area contributed by atoms with Crippen LogP contribution < -0.4 is 5.32 Å². The lowest BCUT2D eigenvalue weighted by atomic mass is 9.95. The Labute approximate surface area is 210 Å². The lowest BCUT2D eigenvalue weighted by Crippen LogP contribution is -2.48. The highest BCUT2D eigenvalue weighted by Gasteiger charge is 2.53. The zero-order valence-electron chi connectivity index (χ0n) is 20.7. The van der Waals surface area contributed by atoms with Crippen molar-refractivity contribution in [3.8, 4) is 5.69 Å². The second-order valence-electron chi connectivity index (χ2n) is 8.33. The summed E-state index contributed by atoms with van der Waals surface area (Å²) in [7, 11) is 0. The molecule has 0 radical (unpaired) electrons. The van der Waals surface area contributed by atoms with E-state index in [0.29, 0.717) is 17.8 Å². The van der Waals surface area contributed by atoms with Gasteiger partial charge in [0.25, 0.3) is 0 Å². The molecule has 0 saturated carbocycles. The van der Waals surface area contributed by atoms with Crippen LogP contribution in [0, 0.1) is 6.92 Å². The first-order valence-corrected chi connectivity index (χ1v) is 12.0. The van der Waals surface area contributed by atoms with Gasteiger partial charge in [0.2, 0.25) is 0 Å². The summed E-state index contributed by atoms with van der Waals surface area (Å²) in [6.07, 6.45) is 0. The summed E-state index contributed by atoms with van der Waals surface area (Å²) in [4.78, 5) is 26.4. The van der Waals surface area contributed by atoms with Gasteiger partial charge in [0.05, 0.1) is 35.8 Å². The Hall–Kier alpha value is -4.10. The number of carbonyl (C=O) groups is 2. The van der Waals surface area contributed by atoms with Crippen molar-refractivity contribution in [2.45, 2.75) is 32.9 Å². The third-order valence-corrected chi connectivity index (χ3v) is 6.08. The Morgan fingerprint density at radius 3 is 2.11 bits per heavy atom. The zero-order chi connectivity index (χ0) is 25.7. The van der Waals surface area contributed by atoms with Crippen LogP contribution in [0.15, 0.2) is 78.9 Å². The standard InChI is InChI=1S/C29H30N2O5/c1-4-35-27(32)29(34,28(33)36-5-2)26-20(3)22-15-9-11-17-24(22)31(26)25-18-12-10-16-23(25)30-19-21-13-7-6-8-14-21/h6-18,30,34H,4-5,19H2,1-3H3.